The van der Waals surface area contributed by atoms with Gasteiger partial charge in [-0.1, -0.05) is 38.2 Å². The molecule has 0 radical (unpaired) electrons. The Morgan fingerprint density at radius 1 is 1.30 bits per heavy atom. The van der Waals surface area contributed by atoms with Gasteiger partial charge in [0.05, 0.1) is 11.8 Å². The molecular weight excluding hydrogens is 254 g/mol. The normalized spacial score (nSPS) is 20.8. The molecule has 1 heterocycles. The molecule has 1 aromatic rings. The van der Waals surface area contributed by atoms with Crippen LogP contribution < -0.4 is 10.1 Å². The van der Waals surface area contributed by atoms with Crippen molar-refractivity contribution in [2.24, 2.45) is 5.92 Å². The number of aliphatic hydroxyl groups excluding tert-OH is 1. The standard InChI is InChI=1S/C16H21NO3/c18-14(8-11-4-2-1-3-5-11)12-6-7-15-13(9-12)17-16(19)10-20-15/h6-7,9,11,14,18H,1-5,8,10H2,(H,17,19). The van der Waals surface area contributed by atoms with E-state index < -0.39 is 6.10 Å². The number of carbonyl (C=O) groups is 1. The van der Waals surface area contributed by atoms with Crippen molar-refractivity contribution < 1.29 is 14.6 Å². The number of carbonyl (C=O) groups excluding carboxylic acids is 1. The Morgan fingerprint density at radius 3 is 2.90 bits per heavy atom. The summed E-state index contributed by atoms with van der Waals surface area (Å²) in [5, 5.41) is 13.2. The van der Waals surface area contributed by atoms with Crippen molar-refractivity contribution >= 4 is 11.6 Å². The molecule has 4 nitrogen and oxygen atoms in total. The van der Waals surface area contributed by atoms with Gasteiger partial charge in [-0.05, 0) is 30.0 Å². The summed E-state index contributed by atoms with van der Waals surface area (Å²) in [4.78, 5) is 11.3. The van der Waals surface area contributed by atoms with E-state index in [-0.39, 0.29) is 12.5 Å². The number of amides is 1. The maximum Gasteiger partial charge on any atom is 0.262 e. The molecule has 1 fully saturated rings. The summed E-state index contributed by atoms with van der Waals surface area (Å²) in [6.45, 7) is 0.0664. The first-order valence-corrected chi connectivity index (χ1v) is 7.47. The molecule has 2 aliphatic rings. The van der Waals surface area contributed by atoms with Gasteiger partial charge in [0.1, 0.15) is 5.75 Å². The van der Waals surface area contributed by atoms with Crippen molar-refractivity contribution in [1.29, 1.82) is 0 Å². The number of hydrogen-bond donors (Lipinski definition) is 2. The highest BCUT2D eigenvalue weighted by Gasteiger charge is 2.21. The number of fused-ring (bicyclic) bond motifs is 1. The van der Waals surface area contributed by atoms with E-state index in [1.165, 1.54) is 32.1 Å². The van der Waals surface area contributed by atoms with E-state index in [2.05, 4.69) is 5.32 Å². The van der Waals surface area contributed by atoms with E-state index in [0.717, 1.165) is 12.0 Å². The second-order valence-electron chi connectivity index (χ2n) is 5.85. The highest BCUT2D eigenvalue weighted by molar-refractivity contribution is 5.95. The molecule has 20 heavy (non-hydrogen) atoms. The minimum Gasteiger partial charge on any atom is -0.482 e. The van der Waals surface area contributed by atoms with Gasteiger partial charge in [-0.15, -0.1) is 0 Å². The number of hydrogen-bond acceptors (Lipinski definition) is 3. The van der Waals surface area contributed by atoms with Crippen LogP contribution in [0.3, 0.4) is 0 Å². The monoisotopic (exact) mass is 275 g/mol. The smallest absolute Gasteiger partial charge is 0.262 e. The quantitative estimate of drug-likeness (QED) is 0.891. The molecule has 3 rings (SSSR count). The van der Waals surface area contributed by atoms with Gasteiger partial charge in [-0.2, -0.15) is 0 Å². The average molecular weight is 275 g/mol. The maximum absolute atomic E-state index is 11.3. The van der Waals surface area contributed by atoms with Crippen LogP contribution in [0.25, 0.3) is 0 Å². The molecule has 1 atom stereocenters. The van der Waals surface area contributed by atoms with Gasteiger partial charge >= 0.3 is 0 Å². The Balaban J connectivity index is 1.69. The van der Waals surface area contributed by atoms with Crippen molar-refractivity contribution in [2.75, 3.05) is 11.9 Å². The summed E-state index contributed by atoms with van der Waals surface area (Å²) < 4.78 is 5.33. The number of nitrogens with one attached hydrogen (secondary N) is 1. The Bertz CT molecular complexity index is 494. The Kier molecular flexibility index (Phi) is 3.92. The fourth-order valence-corrected chi connectivity index (χ4v) is 3.18. The van der Waals surface area contributed by atoms with Crippen molar-refractivity contribution in [2.45, 2.75) is 44.6 Å². The summed E-state index contributed by atoms with van der Waals surface area (Å²) in [6, 6.07) is 5.55. The van der Waals surface area contributed by atoms with Crippen molar-refractivity contribution in [1.82, 2.24) is 0 Å². The van der Waals surface area contributed by atoms with Crippen LogP contribution >= 0.6 is 0 Å². The van der Waals surface area contributed by atoms with Crippen LogP contribution in [0, 0.1) is 5.92 Å². The van der Waals surface area contributed by atoms with E-state index in [0.29, 0.717) is 17.4 Å². The number of anilines is 1. The molecule has 1 aliphatic carbocycles. The van der Waals surface area contributed by atoms with Gasteiger partial charge in [-0.3, -0.25) is 4.79 Å². The van der Waals surface area contributed by atoms with Gasteiger partial charge in [0.15, 0.2) is 6.61 Å². The van der Waals surface area contributed by atoms with Gasteiger partial charge in [0.2, 0.25) is 0 Å². The van der Waals surface area contributed by atoms with E-state index in [1.807, 2.05) is 18.2 Å². The number of rotatable bonds is 3. The van der Waals surface area contributed by atoms with Crippen molar-refractivity contribution in [3.05, 3.63) is 23.8 Å². The summed E-state index contributed by atoms with van der Waals surface area (Å²) >= 11 is 0. The van der Waals surface area contributed by atoms with Crippen molar-refractivity contribution in [3.8, 4) is 5.75 Å². The van der Waals surface area contributed by atoms with Gasteiger partial charge in [0, 0.05) is 0 Å². The predicted octanol–water partition coefficient (Wildman–Crippen LogP) is 3.02. The average Bonchev–Trinajstić information content (AvgIpc) is 2.47. The van der Waals surface area contributed by atoms with Crippen LogP contribution in [0.1, 0.15) is 50.2 Å². The lowest BCUT2D eigenvalue weighted by molar-refractivity contribution is -0.118. The van der Waals surface area contributed by atoms with E-state index >= 15 is 0 Å². The fourth-order valence-electron chi connectivity index (χ4n) is 3.18. The third-order valence-corrected chi connectivity index (χ3v) is 4.30. The molecule has 0 bridgehead atoms. The Morgan fingerprint density at radius 2 is 2.10 bits per heavy atom. The van der Waals surface area contributed by atoms with E-state index in [1.54, 1.807) is 0 Å². The van der Waals surface area contributed by atoms with Crippen molar-refractivity contribution in [3.63, 3.8) is 0 Å². The zero-order valence-electron chi connectivity index (χ0n) is 11.6. The molecule has 1 aromatic carbocycles. The fraction of sp³-hybridized carbons (Fsp3) is 0.562. The van der Waals surface area contributed by atoms with Crippen LogP contribution in [-0.2, 0) is 4.79 Å². The topological polar surface area (TPSA) is 58.6 Å². The predicted molar refractivity (Wildman–Crippen MR) is 76.7 cm³/mol. The highest BCUT2D eigenvalue weighted by atomic mass is 16.5. The first kappa shape index (κ1) is 13.4. The first-order valence-electron chi connectivity index (χ1n) is 7.47. The summed E-state index contributed by atoms with van der Waals surface area (Å²) in [7, 11) is 0. The van der Waals surface area contributed by atoms with E-state index in [9.17, 15) is 9.90 Å². The third-order valence-electron chi connectivity index (χ3n) is 4.30. The number of aliphatic hydroxyl groups is 1. The van der Waals surface area contributed by atoms with E-state index in [4.69, 9.17) is 4.74 Å². The minimum absolute atomic E-state index is 0.0664. The highest BCUT2D eigenvalue weighted by Crippen LogP contribution is 2.35. The van der Waals surface area contributed by atoms with Gasteiger partial charge < -0.3 is 15.2 Å². The summed E-state index contributed by atoms with van der Waals surface area (Å²) in [5.41, 5.74) is 1.53. The molecule has 1 saturated carbocycles. The molecule has 1 aliphatic heterocycles. The largest absolute Gasteiger partial charge is 0.482 e. The molecule has 1 unspecified atom stereocenters. The molecule has 0 spiro atoms. The lowest BCUT2D eigenvalue weighted by atomic mass is 9.84. The van der Waals surface area contributed by atoms with Crippen LogP contribution in [0.4, 0.5) is 5.69 Å². The second-order valence-corrected chi connectivity index (χ2v) is 5.85. The SMILES string of the molecule is O=C1COc2ccc(C(O)CC3CCCCC3)cc2N1. The summed E-state index contributed by atoms with van der Waals surface area (Å²) in [5.74, 6) is 1.16. The lowest BCUT2D eigenvalue weighted by Gasteiger charge is -2.25. The van der Waals surface area contributed by atoms with Crippen LogP contribution in [-0.4, -0.2) is 17.6 Å². The van der Waals surface area contributed by atoms with Crippen LogP contribution in [0.2, 0.25) is 0 Å². The third kappa shape index (κ3) is 2.96. The molecule has 0 saturated heterocycles. The Labute approximate surface area is 119 Å². The zero-order valence-corrected chi connectivity index (χ0v) is 11.6. The number of benzene rings is 1. The molecule has 1 amide bonds. The maximum atomic E-state index is 11.3. The summed E-state index contributed by atoms with van der Waals surface area (Å²) in [6.07, 6.45) is 6.70. The molecule has 108 valence electrons. The lowest BCUT2D eigenvalue weighted by Crippen LogP contribution is -2.25. The van der Waals surface area contributed by atoms with Gasteiger partial charge in [-0.25, -0.2) is 0 Å². The van der Waals surface area contributed by atoms with Gasteiger partial charge in [0.25, 0.3) is 5.91 Å². The minimum atomic E-state index is -0.456. The molecular formula is C16H21NO3. The molecule has 0 aromatic heterocycles. The Hall–Kier alpha value is -1.55. The number of ether oxygens (including phenoxy) is 1. The zero-order chi connectivity index (χ0) is 13.9. The molecule has 2 N–H and O–H groups in total. The second kappa shape index (κ2) is 5.83. The van der Waals surface area contributed by atoms with Crippen LogP contribution in [0.5, 0.6) is 5.75 Å². The first-order chi connectivity index (χ1) is 9.72. The van der Waals surface area contributed by atoms with Crippen LogP contribution in [0.15, 0.2) is 18.2 Å². The molecule has 4 heteroatoms.